The van der Waals surface area contributed by atoms with Crippen molar-refractivity contribution in [3.8, 4) is 11.5 Å². The predicted octanol–water partition coefficient (Wildman–Crippen LogP) is 4.65. The van der Waals surface area contributed by atoms with Gasteiger partial charge in [-0.1, -0.05) is 53.0 Å². The zero-order valence-electron chi connectivity index (χ0n) is 9.12. The van der Waals surface area contributed by atoms with Crippen molar-refractivity contribution in [2.45, 2.75) is 6.42 Å². The van der Waals surface area contributed by atoms with E-state index >= 15 is 0 Å². The summed E-state index contributed by atoms with van der Waals surface area (Å²) in [6.45, 7) is 0. The molecule has 0 heterocycles. The van der Waals surface area contributed by atoms with E-state index in [-0.39, 0.29) is 33.0 Å². The van der Waals surface area contributed by atoms with Gasteiger partial charge in [0.25, 0.3) is 0 Å². The van der Waals surface area contributed by atoms with Crippen LogP contribution in [0, 0.1) is 0 Å². The second kappa shape index (κ2) is 5.27. The number of para-hydroxylation sites is 1. The highest BCUT2D eigenvalue weighted by Gasteiger charge is 2.16. The van der Waals surface area contributed by atoms with Gasteiger partial charge in [-0.15, -0.1) is 0 Å². The van der Waals surface area contributed by atoms with E-state index in [2.05, 4.69) is 0 Å². The second-order valence-electron chi connectivity index (χ2n) is 3.79. The van der Waals surface area contributed by atoms with Crippen molar-refractivity contribution >= 4 is 34.8 Å². The number of halogens is 3. The fraction of sp³-hybridized carbons (Fsp3) is 0.0769. The molecule has 0 saturated heterocycles. The quantitative estimate of drug-likeness (QED) is 0.793. The topological polar surface area (TPSA) is 40.5 Å². The monoisotopic (exact) mass is 302 g/mol. The molecule has 0 bridgehead atoms. The van der Waals surface area contributed by atoms with Gasteiger partial charge >= 0.3 is 0 Å². The summed E-state index contributed by atoms with van der Waals surface area (Å²) in [6.07, 6.45) is 0.248. The molecular formula is C13H9Cl3O2. The van der Waals surface area contributed by atoms with Crippen LogP contribution in [0.15, 0.2) is 30.3 Å². The van der Waals surface area contributed by atoms with Gasteiger partial charge in [-0.3, -0.25) is 0 Å². The molecule has 0 fully saturated rings. The van der Waals surface area contributed by atoms with Crippen molar-refractivity contribution in [1.82, 2.24) is 0 Å². The Morgan fingerprint density at radius 3 is 2.28 bits per heavy atom. The molecule has 0 aliphatic carbocycles. The lowest BCUT2D eigenvalue weighted by Crippen LogP contribution is -1.92. The number of phenols is 2. The van der Waals surface area contributed by atoms with Crippen LogP contribution in [0.2, 0.25) is 15.1 Å². The number of aromatic hydroxyl groups is 2. The zero-order valence-corrected chi connectivity index (χ0v) is 11.4. The number of hydrogen-bond donors (Lipinski definition) is 2. The molecule has 0 atom stereocenters. The van der Waals surface area contributed by atoms with Gasteiger partial charge in [-0.25, -0.2) is 0 Å². The number of benzene rings is 2. The molecule has 0 aromatic heterocycles. The van der Waals surface area contributed by atoms with Gasteiger partial charge in [0.1, 0.15) is 11.5 Å². The standard InChI is InChI=1S/C13H9Cl3O2/c14-9-6-10(15)13(18)8(12(9)16)5-7-3-1-2-4-11(7)17/h1-4,6,17-18H,5H2. The van der Waals surface area contributed by atoms with E-state index in [1.165, 1.54) is 6.07 Å². The molecule has 0 amide bonds. The van der Waals surface area contributed by atoms with Crippen LogP contribution in [0.4, 0.5) is 0 Å². The van der Waals surface area contributed by atoms with E-state index < -0.39 is 0 Å². The summed E-state index contributed by atoms with van der Waals surface area (Å²) in [7, 11) is 0. The van der Waals surface area contributed by atoms with Crippen molar-refractivity contribution in [1.29, 1.82) is 0 Å². The first-order valence-electron chi connectivity index (χ1n) is 5.13. The average molecular weight is 304 g/mol. The molecule has 2 aromatic carbocycles. The maximum Gasteiger partial charge on any atom is 0.139 e. The maximum atomic E-state index is 9.90. The van der Waals surface area contributed by atoms with Crippen molar-refractivity contribution < 1.29 is 10.2 Å². The van der Waals surface area contributed by atoms with Crippen LogP contribution in [0.25, 0.3) is 0 Å². The molecule has 0 saturated carbocycles. The van der Waals surface area contributed by atoms with E-state index in [9.17, 15) is 10.2 Å². The molecule has 5 heteroatoms. The third-order valence-corrected chi connectivity index (χ3v) is 3.71. The minimum absolute atomic E-state index is 0.116. The first-order chi connectivity index (χ1) is 8.50. The van der Waals surface area contributed by atoms with Crippen LogP contribution in [-0.2, 0) is 6.42 Å². The summed E-state index contributed by atoms with van der Waals surface area (Å²) < 4.78 is 0. The molecular weight excluding hydrogens is 294 g/mol. The summed E-state index contributed by atoms with van der Waals surface area (Å²) in [6, 6.07) is 8.18. The van der Waals surface area contributed by atoms with Gasteiger partial charge in [0.15, 0.2) is 0 Å². The van der Waals surface area contributed by atoms with Crippen LogP contribution in [0.3, 0.4) is 0 Å². The van der Waals surface area contributed by atoms with Crippen LogP contribution in [0.5, 0.6) is 11.5 Å². The van der Waals surface area contributed by atoms with Crippen molar-refractivity contribution in [2.75, 3.05) is 0 Å². The highest BCUT2D eigenvalue weighted by atomic mass is 35.5. The molecule has 2 nitrogen and oxygen atoms in total. The number of phenolic OH excluding ortho intramolecular Hbond substituents is 2. The largest absolute Gasteiger partial charge is 0.508 e. The number of rotatable bonds is 2. The van der Waals surface area contributed by atoms with Crippen LogP contribution < -0.4 is 0 Å². The predicted molar refractivity (Wildman–Crippen MR) is 74.0 cm³/mol. The van der Waals surface area contributed by atoms with Crippen molar-refractivity contribution in [2.24, 2.45) is 0 Å². The Labute approximate surface area is 119 Å². The van der Waals surface area contributed by atoms with Crippen molar-refractivity contribution in [3.63, 3.8) is 0 Å². The maximum absolute atomic E-state index is 9.90. The highest BCUT2D eigenvalue weighted by molar-refractivity contribution is 6.44. The summed E-state index contributed by atoms with van der Waals surface area (Å²) in [5.41, 5.74) is 1.03. The lowest BCUT2D eigenvalue weighted by molar-refractivity contribution is 0.463. The molecule has 0 radical (unpaired) electrons. The molecule has 0 unspecified atom stereocenters. The Hall–Kier alpha value is -1.09. The van der Waals surface area contributed by atoms with Gasteiger partial charge in [-0.2, -0.15) is 0 Å². The molecule has 0 aliphatic heterocycles. The zero-order chi connectivity index (χ0) is 13.3. The third kappa shape index (κ3) is 2.51. The third-order valence-electron chi connectivity index (χ3n) is 2.60. The van der Waals surface area contributed by atoms with E-state index in [0.29, 0.717) is 11.1 Å². The van der Waals surface area contributed by atoms with Gasteiger partial charge in [0.2, 0.25) is 0 Å². The molecule has 2 rings (SSSR count). The Morgan fingerprint density at radius 2 is 1.61 bits per heavy atom. The van der Waals surface area contributed by atoms with Gasteiger partial charge in [0, 0.05) is 12.0 Å². The van der Waals surface area contributed by atoms with Crippen LogP contribution in [0.1, 0.15) is 11.1 Å². The van der Waals surface area contributed by atoms with Gasteiger partial charge in [0.05, 0.1) is 15.1 Å². The lowest BCUT2D eigenvalue weighted by Gasteiger charge is -2.11. The molecule has 0 aliphatic rings. The summed E-state index contributed by atoms with van der Waals surface area (Å²) in [5.74, 6) is 0.0124. The second-order valence-corrected chi connectivity index (χ2v) is 4.98. The minimum Gasteiger partial charge on any atom is -0.508 e. The smallest absolute Gasteiger partial charge is 0.139 e. The average Bonchev–Trinajstić information content (AvgIpc) is 2.34. The molecule has 94 valence electrons. The highest BCUT2D eigenvalue weighted by Crippen LogP contribution is 2.40. The van der Waals surface area contributed by atoms with E-state index in [0.717, 1.165) is 0 Å². The summed E-state index contributed by atoms with van der Waals surface area (Å²) in [5, 5.41) is 20.2. The van der Waals surface area contributed by atoms with Crippen LogP contribution >= 0.6 is 34.8 Å². The normalized spacial score (nSPS) is 10.6. The van der Waals surface area contributed by atoms with E-state index in [1.54, 1.807) is 24.3 Å². The Balaban J connectivity index is 2.50. The van der Waals surface area contributed by atoms with Crippen LogP contribution in [-0.4, -0.2) is 10.2 Å². The molecule has 0 spiro atoms. The number of hydrogen-bond acceptors (Lipinski definition) is 2. The summed E-state index contributed by atoms with van der Waals surface area (Å²) in [4.78, 5) is 0. The van der Waals surface area contributed by atoms with E-state index in [4.69, 9.17) is 34.8 Å². The molecule has 2 aromatic rings. The molecule has 2 N–H and O–H groups in total. The molecule has 18 heavy (non-hydrogen) atoms. The first-order valence-corrected chi connectivity index (χ1v) is 6.26. The Bertz CT molecular complexity index is 571. The van der Waals surface area contributed by atoms with Gasteiger partial charge in [-0.05, 0) is 17.7 Å². The SMILES string of the molecule is Oc1ccccc1Cc1c(O)c(Cl)cc(Cl)c1Cl. The van der Waals surface area contributed by atoms with Crippen molar-refractivity contribution in [3.05, 3.63) is 56.5 Å². The fourth-order valence-electron chi connectivity index (χ4n) is 1.65. The first kappa shape index (κ1) is 13.3. The Morgan fingerprint density at radius 1 is 0.944 bits per heavy atom. The minimum atomic E-state index is -0.116. The Kier molecular flexibility index (Phi) is 3.91. The fourth-order valence-corrected chi connectivity index (χ4v) is 2.36. The van der Waals surface area contributed by atoms with E-state index in [1.807, 2.05) is 0 Å². The summed E-state index contributed by atoms with van der Waals surface area (Å²) >= 11 is 17.8. The van der Waals surface area contributed by atoms with Gasteiger partial charge < -0.3 is 10.2 Å². The lowest BCUT2D eigenvalue weighted by atomic mass is 10.0.